The van der Waals surface area contributed by atoms with Crippen molar-refractivity contribution in [1.82, 2.24) is 4.90 Å². The van der Waals surface area contributed by atoms with Gasteiger partial charge in [-0.05, 0) is 38.5 Å². The fourth-order valence-corrected chi connectivity index (χ4v) is 3.78. The molecule has 3 unspecified atom stereocenters. The van der Waals surface area contributed by atoms with Gasteiger partial charge in [-0.25, -0.2) is 0 Å². The second kappa shape index (κ2) is 4.20. The molecule has 0 amide bonds. The highest BCUT2D eigenvalue weighted by Gasteiger charge is 2.30. The molecule has 1 heterocycles. The van der Waals surface area contributed by atoms with Crippen LogP contribution in [-0.4, -0.2) is 41.6 Å². The second-order valence-electron chi connectivity index (χ2n) is 4.41. The lowest BCUT2D eigenvalue weighted by atomic mass is 10.1. The Bertz CT molecular complexity index is 168. The average molecular weight is 200 g/mol. The molecule has 1 saturated carbocycles. The summed E-state index contributed by atoms with van der Waals surface area (Å²) in [7, 11) is 2.29. The van der Waals surface area contributed by atoms with Crippen molar-refractivity contribution >= 4 is 11.8 Å². The van der Waals surface area contributed by atoms with Gasteiger partial charge in [-0.2, -0.15) is 11.8 Å². The Hall–Kier alpha value is 0.270. The maximum Gasteiger partial charge on any atom is 0.0194 e. The molecule has 2 nitrogen and oxygen atoms in total. The van der Waals surface area contributed by atoms with E-state index in [2.05, 4.69) is 23.7 Å². The van der Waals surface area contributed by atoms with E-state index in [1.54, 1.807) is 0 Å². The SMILES string of the molecule is CN(C1CCSC1)C1CCC(N)C1. The number of hydrogen-bond donors (Lipinski definition) is 1. The molecule has 3 heteroatoms. The second-order valence-corrected chi connectivity index (χ2v) is 5.56. The molecule has 1 saturated heterocycles. The first kappa shape index (κ1) is 9.81. The van der Waals surface area contributed by atoms with Crippen molar-refractivity contribution in [3.8, 4) is 0 Å². The van der Waals surface area contributed by atoms with Crippen LogP contribution in [0.15, 0.2) is 0 Å². The summed E-state index contributed by atoms with van der Waals surface area (Å²) in [6.45, 7) is 0. The Morgan fingerprint density at radius 2 is 2.08 bits per heavy atom. The van der Waals surface area contributed by atoms with Crippen LogP contribution in [-0.2, 0) is 0 Å². The molecular formula is C10H20N2S. The van der Waals surface area contributed by atoms with Crippen LogP contribution in [0.1, 0.15) is 25.7 Å². The fraction of sp³-hybridized carbons (Fsp3) is 1.00. The van der Waals surface area contributed by atoms with Gasteiger partial charge in [-0.1, -0.05) is 0 Å². The summed E-state index contributed by atoms with van der Waals surface area (Å²) in [5, 5.41) is 0. The van der Waals surface area contributed by atoms with Gasteiger partial charge in [-0.3, -0.25) is 4.90 Å². The van der Waals surface area contributed by atoms with Crippen molar-refractivity contribution in [2.45, 2.75) is 43.8 Å². The van der Waals surface area contributed by atoms with Crippen LogP contribution in [0.3, 0.4) is 0 Å². The standard InChI is InChI=1S/C10H20N2S/c1-12(10-4-5-13-7-10)9-3-2-8(11)6-9/h8-10H,2-7,11H2,1H3. The van der Waals surface area contributed by atoms with Gasteiger partial charge in [0, 0.05) is 23.9 Å². The van der Waals surface area contributed by atoms with E-state index in [1.165, 1.54) is 37.2 Å². The topological polar surface area (TPSA) is 29.3 Å². The van der Waals surface area contributed by atoms with E-state index in [-0.39, 0.29) is 0 Å². The zero-order valence-electron chi connectivity index (χ0n) is 8.41. The van der Waals surface area contributed by atoms with Crippen molar-refractivity contribution in [1.29, 1.82) is 0 Å². The minimum atomic E-state index is 0.474. The van der Waals surface area contributed by atoms with Gasteiger partial charge in [0.15, 0.2) is 0 Å². The number of nitrogens with two attached hydrogens (primary N) is 1. The molecule has 1 aliphatic carbocycles. The molecule has 0 bridgehead atoms. The largest absolute Gasteiger partial charge is 0.328 e. The molecule has 13 heavy (non-hydrogen) atoms. The van der Waals surface area contributed by atoms with Gasteiger partial charge in [-0.15, -0.1) is 0 Å². The van der Waals surface area contributed by atoms with Crippen LogP contribution in [0.25, 0.3) is 0 Å². The maximum atomic E-state index is 5.93. The first-order valence-corrected chi connectivity index (χ1v) is 6.48. The van der Waals surface area contributed by atoms with Gasteiger partial charge in [0.2, 0.25) is 0 Å². The highest BCUT2D eigenvalue weighted by atomic mass is 32.2. The Morgan fingerprint density at radius 1 is 1.23 bits per heavy atom. The molecule has 0 aromatic carbocycles. The van der Waals surface area contributed by atoms with E-state index >= 15 is 0 Å². The fourth-order valence-electron chi connectivity index (χ4n) is 2.50. The van der Waals surface area contributed by atoms with Crippen molar-refractivity contribution in [3.05, 3.63) is 0 Å². The zero-order valence-corrected chi connectivity index (χ0v) is 9.22. The zero-order chi connectivity index (χ0) is 9.26. The molecule has 2 fully saturated rings. The van der Waals surface area contributed by atoms with E-state index in [0.29, 0.717) is 6.04 Å². The lowest BCUT2D eigenvalue weighted by Gasteiger charge is -2.29. The predicted octanol–water partition coefficient (Wildman–Crippen LogP) is 1.30. The molecule has 0 spiro atoms. The lowest BCUT2D eigenvalue weighted by molar-refractivity contribution is 0.189. The Labute approximate surface area is 85.2 Å². The third kappa shape index (κ3) is 2.20. The van der Waals surface area contributed by atoms with E-state index in [9.17, 15) is 0 Å². The number of thioether (sulfide) groups is 1. The normalized spacial score (nSPS) is 40.4. The molecule has 2 N–H and O–H groups in total. The smallest absolute Gasteiger partial charge is 0.0194 e. The van der Waals surface area contributed by atoms with E-state index in [0.717, 1.165) is 12.1 Å². The minimum absolute atomic E-state index is 0.474. The molecule has 0 aromatic heterocycles. The summed E-state index contributed by atoms with van der Waals surface area (Å²) in [5.41, 5.74) is 5.93. The Kier molecular flexibility index (Phi) is 3.17. The number of rotatable bonds is 2. The first-order chi connectivity index (χ1) is 6.27. The molecule has 2 aliphatic rings. The van der Waals surface area contributed by atoms with Crippen LogP contribution in [0.2, 0.25) is 0 Å². The van der Waals surface area contributed by atoms with Gasteiger partial charge >= 0.3 is 0 Å². The van der Waals surface area contributed by atoms with Crippen molar-refractivity contribution in [2.75, 3.05) is 18.6 Å². The summed E-state index contributed by atoms with van der Waals surface area (Å²) in [6, 6.07) is 2.08. The Balaban J connectivity index is 1.85. The van der Waals surface area contributed by atoms with Crippen LogP contribution >= 0.6 is 11.8 Å². The third-order valence-corrected chi connectivity index (χ3v) is 4.65. The summed E-state index contributed by atoms with van der Waals surface area (Å²) in [5.74, 6) is 2.69. The van der Waals surface area contributed by atoms with Crippen molar-refractivity contribution in [3.63, 3.8) is 0 Å². The molecule has 1 aliphatic heterocycles. The minimum Gasteiger partial charge on any atom is -0.328 e. The number of nitrogens with zero attached hydrogens (tertiary/aromatic N) is 1. The highest BCUT2D eigenvalue weighted by molar-refractivity contribution is 7.99. The van der Waals surface area contributed by atoms with E-state index < -0.39 is 0 Å². The summed E-state index contributed by atoms with van der Waals surface area (Å²) < 4.78 is 0. The van der Waals surface area contributed by atoms with Crippen LogP contribution < -0.4 is 5.73 Å². The first-order valence-electron chi connectivity index (χ1n) is 5.32. The summed E-state index contributed by atoms with van der Waals surface area (Å²) in [6.07, 6.45) is 5.15. The predicted molar refractivity (Wildman–Crippen MR) is 59.1 cm³/mol. The molecule has 2 rings (SSSR count). The molecule has 3 atom stereocenters. The average Bonchev–Trinajstić information content (AvgIpc) is 2.72. The van der Waals surface area contributed by atoms with Crippen LogP contribution in [0, 0.1) is 0 Å². The lowest BCUT2D eigenvalue weighted by Crippen LogP contribution is -2.39. The highest BCUT2D eigenvalue weighted by Crippen LogP contribution is 2.28. The van der Waals surface area contributed by atoms with Gasteiger partial charge in [0.05, 0.1) is 0 Å². The molecule has 0 radical (unpaired) electrons. The van der Waals surface area contributed by atoms with Gasteiger partial charge in [0.1, 0.15) is 0 Å². The van der Waals surface area contributed by atoms with Crippen molar-refractivity contribution < 1.29 is 0 Å². The molecule has 0 aromatic rings. The van der Waals surface area contributed by atoms with Crippen LogP contribution in [0.4, 0.5) is 0 Å². The van der Waals surface area contributed by atoms with Crippen molar-refractivity contribution in [2.24, 2.45) is 5.73 Å². The van der Waals surface area contributed by atoms with E-state index in [4.69, 9.17) is 5.73 Å². The molecular weight excluding hydrogens is 180 g/mol. The van der Waals surface area contributed by atoms with Crippen LogP contribution in [0.5, 0.6) is 0 Å². The number of hydrogen-bond acceptors (Lipinski definition) is 3. The summed E-state index contributed by atoms with van der Waals surface area (Å²) >= 11 is 2.10. The van der Waals surface area contributed by atoms with Gasteiger partial charge in [0.25, 0.3) is 0 Å². The molecule has 76 valence electrons. The van der Waals surface area contributed by atoms with E-state index in [1.807, 2.05) is 0 Å². The monoisotopic (exact) mass is 200 g/mol. The third-order valence-electron chi connectivity index (χ3n) is 3.50. The Morgan fingerprint density at radius 3 is 2.62 bits per heavy atom. The maximum absolute atomic E-state index is 5.93. The summed E-state index contributed by atoms with van der Waals surface area (Å²) in [4.78, 5) is 2.59. The quantitative estimate of drug-likeness (QED) is 0.728. The van der Waals surface area contributed by atoms with Gasteiger partial charge < -0.3 is 5.73 Å².